The van der Waals surface area contributed by atoms with Gasteiger partial charge < -0.3 is 15.2 Å². The van der Waals surface area contributed by atoms with Crippen molar-refractivity contribution in [2.45, 2.75) is 18.9 Å². The summed E-state index contributed by atoms with van der Waals surface area (Å²) in [6.07, 6.45) is -8.98. The maximum atomic E-state index is 12.7. The maximum absolute atomic E-state index is 12.7. The minimum Gasteiger partial charge on any atom is -0.378 e. The van der Waals surface area contributed by atoms with Crippen LogP contribution in [0.25, 0.3) is 0 Å². The van der Waals surface area contributed by atoms with Gasteiger partial charge in [-0.05, 0) is 18.2 Å². The fourth-order valence-electron chi connectivity index (χ4n) is 2.44. The standard InChI is InChI=1S/C17H14F6N4O4/c18-16(19,20)10-1-3-12(13(7-10)27(30)31)24-5-6-25-14(28)9-26-8-11(17(21,22)23)2-4-15(26)29/h1-4,7-8,24H,5-6,9H2,(H,25,28). The van der Waals surface area contributed by atoms with Crippen molar-refractivity contribution in [1.82, 2.24) is 9.88 Å². The van der Waals surface area contributed by atoms with Gasteiger partial charge in [0.15, 0.2) is 0 Å². The van der Waals surface area contributed by atoms with E-state index in [0.29, 0.717) is 35.0 Å². The molecule has 0 aliphatic rings. The number of aromatic nitrogens is 1. The molecular weight excluding hydrogens is 438 g/mol. The molecule has 1 aromatic heterocycles. The average molecular weight is 452 g/mol. The Hall–Kier alpha value is -3.58. The van der Waals surface area contributed by atoms with E-state index in [4.69, 9.17) is 0 Å². The van der Waals surface area contributed by atoms with Crippen molar-refractivity contribution < 1.29 is 36.1 Å². The summed E-state index contributed by atoms with van der Waals surface area (Å²) in [6, 6.07) is 3.12. The average Bonchev–Trinajstić information content (AvgIpc) is 2.65. The number of nitrogens with one attached hydrogen (secondary N) is 2. The molecule has 0 spiro atoms. The molecule has 0 fully saturated rings. The van der Waals surface area contributed by atoms with Gasteiger partial charge in [-0.3, -0.25) is 19.7 Å². The van der Waals surface area contributed by atoms with Crippen molar-refractivity contribution in [3.8, 4) is 0 Å². The van der Waals surface area contributed by atoms with Gasteiger partial charge in [-0.2, -0.15) is 26.3 Å². The number of carbonyl (C=O) groups is 1. The Morgan fingerprint density at radius 2 is 1.61 bits per heavy atom. The van der Waals surface area contributed by atoms with Crippen molar-refractivity contribution in [2.24, 2.45) is 0 Å². The third-order valence-electron chi connectivity index (χ3n) is 3.91. The first-order valence-corrected chi connectivity index (χ1v) is 8.43. The van der Waals surface area contributed by atoms with Crippen LogP contribution in [0.15, 0.2) is 41.3 Å². The van der Waals surface area contributed by atoms with Crippen molar-refractivity contribution in [3.63, 3.8) is 0 Å². The molecule has 8 nitrogen and oxygen atoms in total. The molecule has 0 bridgehead atoms. The molecule has 14 heteroatoms. The highest BCUT2D eigenvalue weighted by Gasteiger charge is 2.33. The molecule has 2 aromatic rings. The number of hydrogen-bond acceptors (Lipinski definition) is 5. The normalized spacial score (nSPS) is 11.8. The number of nitro benzene ring substituents is 1. The van der Waals surface area contributed by atoms with E-state index in [1.165, 1.54) is 0 Å². The first-order chi connectivity index (χ1) is 14.3. The van der Waals surface area contributed by atoms with Gasteiger partial charge in [-0.15, -0.1) is 0 Å². The van der Waals surface area contributed by atoms with Crippen LogP contribution >= 0.6 is 0 Å². The van der Waals surface area contributed by atoms with E-state index in [0.717, 1.165) is 6.07 Å². The summed E-state index contributed by atoms with van der Waals surface area (Å²) in [5.74, 6) is -0.815. The molecule has 1 aromatic carbocycles. The van der Waals surface area contributed by atoms with Crippen LogP contribution in [0.3, 0.4) is 0 Å². The first-order valence-electron chi connectivity index (χ1n) is 8.43. The van der Waals surface area contributed by atoms with Crippen LogP contribution in [0, 0.1) is 10.1 Å². The van der Waals surface area contributed by atoms with Gasteiger partial charge in [0.1, 0.15) is 12.2 Å². The third-order valence-corrected chi connectivity index (χ3v) is 3.91. The number of hydrogen-bond donors (Lipinski definition) is 2. The SMILES string of the molecule is O=C(Cn1cc(C(F)(F)F)ccc1=O)NCCNc1ccc(C(F)(F)F)cc1[N+](=O)[O-]. The van der Waals surface area contributed by atoms with Crippen LogP contribution < -0.4 is 16.2 Å². The Morgan fingerprint density at radius 3 is 2.19 bits per heavy atom. The molecule has 0 radical (unpaired) electrons. The number of anilines is 1. The summed E-state index contributed by atoms with van der Waals surface area (Å²) >= 11 is 0. The van der Waals surface area contributed by atoms with E-state index in [1.54, 1.807) is 0 Å². The van der Waals surface area contributed by atoms with Crippen molar-refractivity contribution in [3.05, 3.63) is 68.1 Å². The Balaban J connectivity index is 1.96. The summed E-state index contributed by atoms with van der Waals surface area (Å²) in [5.41, 5.74) is -4.19. The topological polar surface area (TPSA) is 106 Å². The molecule has 168 valence electrons. The number of nitrogens with zero attached hydrogens (tertiary/aromatic N) is 2. The number of rotatable bonds is 7. The molecule has 0 unspecified atom stereocenters. The minimum atomic E-state index is -4.77. The number of alkyl halides is 6. The molecule has 31 heavy (non-hydrogen) atoms. The van der Waals surface area contributed by atoms with Crippen LogP contribution in [-0.4, -0.2) is 28.5 Å². The molecule has 1 heterocycles. The fraction of sp³-hybridized carbons (Fsp3) is 0.294. The zero-order valence-corrected chi connectivity index (χ0v) is 15.4. The zero-order valence-electron chi connectivity index (χ0n) is 15.4. The van der Waals surface area contributed by atoms with Crippen LogP contribution in [0.4, 0.5) is 37.7 Å². The quantitative estimate of drug-likeness (QED) is 0.291. The number of pyridine rings is 1. The monoisotopic (exact) mass is 452 g/mol. The maximum Gasteiger partial charge on any atom is 0.417 e. The highest BCUT2D eigenvalue weighted by Crippen LogP contribution is 2.34. The van der Waals surface area contributed by atoms with Crippen molar-refractivity contribution in [1.29, 1.82) is 0 Å². The second-order valence-corrected chi connectivity index (χ2v) is 6.15. The lowest BCUT2D eigenvalue weighted by atomic mass is 10.1. The number of nitro groups is 1. The fourth-order valence-corrected chi connectivity index (χ4v) is 2.44. The van der Waals surface area contributed by atoms with E-state index < -0.39 is 52.1 Å². The summed E-state index contributed by atoms with van der Waals surface area (Å²) < 4.78 is 76.7. The lowest BCUT2D eigenvalue weighted by Gasteiger charge is -2.12. The van der Waals surface area contributed by atoms with Crippen molar-refractivity contribution >= 4 is 17.3 Å². The van der Waals surface area contributed by atoms with E-state index in [9.17, 15) is 46.0 Å². The number of halogens is 6. The first kappa shape index (κ1) is 23.7. The molecule has 0 aliphatic carbocycles. The second-order valence-electron chi connectivity index (χ2n) is 6.15. The Morgan fingerprint density at radius 1 is 1.00 bits per heavy atom. The molecule has 0 saturated heterocycles. The van der Waals surface area contributed by atoms with Crippen LogP contribution in [-0.2, 0) is 23.7 Å². The number of carbonyl (C=O) groups excluding carboxylic acids is 1. The smallest absolute Gasteiger partial charge is 0.378 e. The number of benzene rings is 1. The van der Waals surface area contributed by atoms with E-state index >= 15 is 0 Å². The molecule has 0 aliphatic heterocycles. The van der Waals surface area contributed by atoms with Gasteiger partial charge in [-0.25, -0.2) is 0 Å². The lowest BCUT2D eigenvalue weighted by Crippen LogP contribution is -2.35. The second kappa shape index (κ2) is 9.06. The van der Waals surface area contributed by atoms with Gasteiger partial charge in [0, 0.05) is 31.4 Å². The van der Waals surface area contributed by atoms with Crippen LogP contribution in [0.1, 0.15) is 11.1 Å². The highest BCUT2D eigenvalue weighted by molar-refractivity contribution is 5.75. The van der Waals surface area contributed by atoms with E-state index in [1.807, 2.05) is 0 Å². The predicted molar refractivity (Wildman–Crippen MR) is 95.3 cm³/mol. The highest BCUT2D eigenvalue weighted by atomic mass is 19.4. The molecule has 2 rings (SSSR count). The zero-order chi connectivity index (χ0) is 23.4. The predicted octanol–water partition coefficient (Wildman–Crippen LogP) is 3.02. The summed E-state index contributed by atoms with van der Waals surface area (Å²) in [6.45, 7) is -1.02. The number of amides is 1. The van der Waals surface area contributed by atoms with Crippen LogP contribution in [0.5, 0.6) is 0 Å². The third kappa shape index (κ3) is 6.45. The molecular formula is C17H14F6N4O4. The Labute approximate surface area is 169 Å². The summed E-state index contributed by atoms with van der Waals surface area (Å²) in [4.78, 5) is 33.4. The van der Waals surface area contributed by atoms with Gasteiger partial charge in [0.25, 0.3) is 11.2 Å². The Bertz CT molecular complexity index is 1030. The molecule has 0 atom stereocenters. The molecule has 1 amide bonds. The van der Waals surface area contributed by atoms with Gasteiger partial charge in [-0.1, -0.05) is 0 Å². The van der Waals surface area contributed by atoms with E-state index in [2.05, 4.69) is 10.6 Å². The largest absolute Gasteiger partial charge is 0.417 e. The van der Waals surface area contributed by atoms with Crippen molar-refractivity contribution in [2.75, 3.05) is 18.4 Å². The molecule has 2 N–H and O–H groups in total. The van der Waals surface area contributed by atoms with Crippen LogP contribution in [0.2, 0.25) is 0 Å². The summed E-state index contributed by atoms with van der Waals surface area (Å²) in [7, 11) is 0. The Kier molecular flexibility index (Phi) is 6.92. The minimum absolute atomic E-state index is 0.143. The van der Waals surface area contributed by atoms with Gasteiger partial charge in [0.05, 0.1) is 16.1 Å². The lowest BCUT2D eigenvalue weighted by molar-refractivity contribution is -0.384. The van der Waals surface area contributed by atoms with Gasteiger partial charge >= 0.3 is 12.4 Å². The van der Waals surface area contributed by atoms with Gasteiger partial charge in [0.2, 0.25) is 5.91 Å². The molecule has 0 saturated carbocycles. The summed E-state index contributed by atoms with van der Waals surface area (Å²) in [5, 5.41) is 15.8. The van der Waals surface area contributed by atoms with E-state index in [-0.39, 0.29) is 18.8 Å².